The SMILES string of the molecule is O=C(N/N=C\c1ccccc1C(=O)O)C(=O)Nc1ccc(F)cc1. The van der Waals surface area contributed by atoms with Gasteiger partial charge in [0, 0.05) is 11.3 Å². The van der Waals surface area contributed by atoms with Crippen LogP contribution in [0.1, 0.15) is 15.9 Å². The van der Waals surface area contributed by atoms with Gasteiger partial charge in [0.15, 0.2) is 0 Å². The number of anilines is 1. The summed E-state index contributed by atoms with van der Waals surface area (Å²) in [5.74, 6) is -3.66. The van der Waals surface area contributed by atoms with Crippen LogP contribution in [-0.2, 0) is 9.59 Å². The van der Waals surface area contributed by atoms with Gasteiger partial charge in [0.25, 0.3) is 0 Å². The molecule has 7 nitrogen and oxygen atoms in total. The number of nitrogens with one attached hydrogen (secondary N) is 2. The van der Waals surface area contributed by atoms with Crippen LogP contribution in [0.3, 0.4) is 0 Å². The molecule has 122 valence electrons. The zero-order valence-electron chi connectivity index (χ0n) is 12.2. The molecule has 2 aromatic carbocycles. The number of benzene rings is 2. The number of hydrogen-bond acceptors (Lipinski definition) is 4. The number of hydrogen-bond donors (Lipinski definition) is 3. The second kappa shape index (κ2) is 7.63. The summed E-state index contributed by atoms with van der Waals surface area (Å²) in [7, 11) is 0. The molecule has 24 heavy (non-hydrogen) atoms. The van der Waals surface area contributed by atoms with E-state index in [0.29, 0.717) is 0 Å². The summed E-state index contributed by atoms with van der Waals surface area (Å²) in [5, 5.41) is 14.8. The highest BCUT2D eigenvalue weighted by Gasteiger charge is 2.13. The van der Waals surface area contributed by atoms with Gasteiger partial charge < -0.3 is 10.4 Å². The molecule has 0 heterocycles. The summed E-state index contributed by atoms with van der Waals surface area (Å²) >= 11 is 0. The molecular formula is C16H12FN3O4. The molecule has 3 N–H and O–H groups in total. The van der Waals surface area contributed by atoms with Crippen molar-refractivity contribution in [2.45, 2.75) is 0 Å². The fourth-order valence-corrected chi connectivity index (χ4v) is 1.74. The molecule has 2 amide bonds. The minimum absolute atomic E-state index is 0.00580. The number of aromatic carboxylic acids is 1. The number of hydrazone groups is 1. The molecule has 0 aliphatic rings. The Kier molecular flexibility index (Phi) is 5.35. The molecule has 0 radical (unpaired) electrons. The third-order valence-electron chi connectivity index (χ3n) is 2.87. The molecule has 0 atom stereocenters. The van der Waals surface area contributed by atoms with Crippen molar-refractivity contribution in [3.63, 3.8) is 0 Å². The second-order valence-corrected chi connectivity index (χ2v) is 4.55. The van der Waals surface area contributed by atoms with Crippen molar-refractivity contribution in [1.82, 2.24) is 5.43 Å². The van der Waals surface area contributed by atoms with Gasteiger partial charge >= 0.3 is 17.8 Å². The summed E-state index contributed by atoms with van der Waals surface area (Å²) in [6, 6.07) is 10.9. The van der Waals surface area contributed by atoms with E-state index in [1.807, 2.05) is 5.43 Å². The number of carboxylic acids is 1. The van der Waals surface area contributed by atoms with E-state index < -0.39 is 23.6 Å². The predicted octanol–water partition coefficient (Wildman–Crippen LogP) is 1.61. The minimum atomic E-state index is -1.14. The van der Waals surface area contributed by atoms with Crippen molar-refractivity contribution in [1.29, 1.82) is 0 Å². The number of amides is 2. The van der Waals surface area contributed by atoms with Gasteiger partial charge in [0.1, 0.15) is 5.82 Å². The Hall–Kier alpha value is -3.55. The van der Waals surface area contributed by atoms with Crippen LogP contribution in [-0.4, -0.2) is 29.1 Å². The van der Waals surface area contributed by atoms with E-state index >= 15 is 0 Å². The topological polar surface area (TPSA) is 108 Å². The van der Waals surface area contributed by atoms with Crippen LogP contribution in [0.5, 0.6) is 0 Å². The van der Waals surface area contributed by atoms with Crippen LogP contribution >= 0.6 is 0 Å². The average molecular weight is 329 g/mol. The average Bonchev–Trinajstić information content (AvgIpc) is 2.57. The summed E-state index contributed by atoms with van der Waals surface area (Å²) in [6.45, 7) is 0. The maximum atomic E-state index is 12.7. The number of halogens is 1. The predicted molar refractivity (Wildman–Crippen MR) is 84.2 cm³/mol. The van der Waals surface area contributed by atoms with E-state index in [1.54, 1.807) is 12.1 Å². The Morgan fingerprint density at radius 2 is 1.67 bits per heavy atom. The molecule has 2 aromatic rings. The quantitative estimate of drug-likeness (QED) is 0.450. The third kappa shape index (κ3) is 4.47. The lowest BCUT2D eigenvalue weighted by Crippen LogP contribution is -2.32. The zero-order chi connectivity index (χ0) is 17.5. The third-order valence-corrected chi connectivity index (χ3v) is 2.87. The number of carbonyl (C=O) groups is 3. The molecule has 2 rings (SSSR count). The minimum Gasteiger partial charge on any atom is -0.478 e. The molecule has 0 aromatic heterocycles. The highest BCUT2D eigenvalue weighted by molar-refractivity contribution is 6.39. The summed E-state index contributed by atoms with van der Waals surface area (Å²) in [4.78, 5) is 34.2. The van der Waals surface area contributed by atoms with Crippen LogP contribution in [0.25, 0.3) is 0 Å². The molecule has 0 unspecified atom stereocenters. The molecule has 0 aliphatic heterocycles. The van der Waals surface area contributed by atoms with Gasteiger partial charge in [-0.2, -0.15) is 5.10 Å². The molecule has 0 spiro atoms. The molecule has 0 saturated carbocycles. The first-order valence-corrected chi connectivity index (χ1v) is 6.69. The van der Waals surface area contributed by atoms with Crippen molar-refractivity contribution in [2.75, 3.05) is 5.32 Å². The van der Waals surface area contributed by atoms with Crippen molar-refractivity contribution < 1.29 is 23.9 Å². The van der Waals surface area contributed by atoms with Crippen LogP contribution < -0.4 is 10.7 Å². The normalized spacial score (nSPS) is 10.4. The van der Waals surface area contributed by atoms with Crippen molar-refractivity contribution in [3.8, 4) is 0 Å². The van der Waals surface area contributed by atoms with E-state index in [0.717, 1.165) is 18.3 Å². The first-order chi connectivity index (χ1) is 11.5. The van der Waals surface area contributed by atoms with Gasteiger partial charge in [-0.3, -0.25) is 9.59 Å². The van der Waals surface area contributed by atoms with Crippen LogP contribution in [0.2, 0.25) is 0 Å². The van der Waals surface area contributed by atoms with E-state index in [2.05, 4.69) is 10.4 Å². The summed E-state index contributed by atoms with van der Waals surface area (Å²) in [6.07, 6.45) is 1.12. The maximum Gasteiger partial charge on any atom is 0.336 e. The molecule has 8 heteroatoms. The Morgan fingerprint density at radius 3 is 2.33 bits per heavy atom. The van der Waals surface area contributed by atoms with Crippen LogP contribution in [0.15, 0.2) is 53.6 Å². The van der Waals surface area contributed by atoms with Crippen LogP contribution in [0.4, 0.5) is 10.1 Å². The lowest BCUT2D eigenvalue weighted by molar-refractivity contribution is -0.136. The highest BCUT2D eigenvalue weighted by atomic mass is 19.1. The fourth-order valence-electron chi connectivity index (χ4n) is 1.74. The van der Waals surface area contributed by atoms with Crippen LogP contribution in [0, 0.1) is 5.82 Å². The lowest BCUT2D eigenvalue weighted by atomic mass is 10.1. The molecule has 0 aliphatic carbocycles. The monoisotopic (exact) mass is 329 g/mol. The molecular weight excluding hydrogens is 317 g/mol. The van der Waals surface area contributed by atoms with Gasteiger partial charge in [-0.15, -0.1) is 0 Å². The van der Waals surface area contributed by atoms with Crippen molar-refractivity contribution in [3.05, 3.63) is 65.5 Å². The second-order valence-electron chi connectivity index (χ2n) is 4.55. The van der Waals surface area contributed by atoms with Gasteiger partial charge in [0.2, 0.25) is 0 Å². The Balaban J connectivity index is 1.96. The smallest absolute Gasteiger partial charge is 0.336 e. The van der Waals surface area contributed by atoms with E-state index in [-0.39, 0.29) is 16.8 Å². The first-order valence-electron chi connectivity index (χ1n) is 6.69. The molecule has 0 bridgehead atoms. The van der Waals surface area contributed by atoms with Gasteiger partial charge in [-0.25, -0.2) is 14.6 Å². The van der Waals surface area contributed by atoms with Gasteiger partial charge in [-0.05, 0) is 30.3 Å². The summed E-state index contributed by atoms with van der Waals surface area (Å²) < 4.78 is 12.7. The molecule has 0 saturated heterocycles. The summed E-state index contributed by atoms with van der Waals surface area (Å²) in [5.41, 5.74) is 2.50. The number of carboxylic acid groups (broad SMARTS) is 1. The Bertz CT molecular complexity index is 803. The Labute approximate surface area is 135 Å². The first kappa shape index (κ1) is 16.8. The van der Waals surface area contributed by atoms with E-state index in [4.69, 9.17) is 5.11 Å². The standard InChI is InChI=1S/C16H12FN3O4/c17-11-5-7-12(8-6-11)19-14(21)15(22)20-18-9-10-3-1-2-4-13(10)16(23)24/h1-9H,(H,19,21)(H,20,22)(H,23,24)/b18-9-. The maximum absolute atomic E-state index is 12.7. The van der Waals surface area contributed by atoms with Crippen molar-refractivity contribution >= 4 is 29.7 Å². The number of rotatable bonds is 4. The fraction of sp³-hybridized carbons (Fsp3) is 0. The van der Waals surface area contributed by atoms with Crippen molar-refractivity contribution in [2.24, 2.45) is 5.10 Å². The Morgan fingerprint density at radius 1 is 1.00 bits per heavy atom. The van der Waals surface area contributed by atoms with Gasteiger partial charge in [0.05, 0.1) is 11.8 Å². The highest BCUT2D eigenvalue weighted by Crippen LogP contribution is 2.08. The number of nitrogens with zero attached hydrogens (tertiary/aromatic N) is 1. The zero-order valence-corrected chi connectivity index (χ0v) is 12.2. The van der Waals surface area contributed by atoms with E-state index in [1.165, 1.54) is 24.3 Å². The van der Waals surface area contributed by atoms with Gasteiger partial charge in [-0.1, -0.05) is 18.2 Å². The number of carbonyl (C=O) groups excluding carboxylic acids is 2. The van der Waals surface area contributed by atoms with E-state index in [9.17, 15) is 18.8 Å². The molecule has 0 fully saturated rings. The lowest BCUT2D eigenvalue weighted by Gasteiger charge is -2.03. The largest absolute Gasteiger partial charge is 0.478 e.